The Hall–Kier alpha value is -2.41. The molecule has 1 N–H and O–H groups in total. The maximum Gasteiger partial charge on any atom is 0.248 e. The molecule has 26 heavy (non-hydrogen) atoms. The number of hydrogen-bond donors (Lipinski definition) is 1. The van der Waals surface area contributed by atoms with Gasteiger partial charge in [0.2, 0.25) is 5.91 Å². The third kappa shape index (κ3) is 4.04. The topological polar surface area (TPSA) is 80.5 Å². The van der Waals surface area contributed by atoms with Gasteiger partial charge in [0.1, 0.15) is 23.9 Å². The van der Waals surface area contributed by atoms with Gasteiger partial charge < -0.3 is 19.4 Å². The molecule has 0 aromatic carbocycles. The summed E-state index contributed by atoms with van der Waals surface area (Å²) in [7, 11) is 0. The zero-order chi connectivity index (χ0) is 17.9. The van der Waals surface area contributed by atoms with Gasteiger partial charge in [0, 0.05) is 25.2 Å². The number of nitrogens with zero attached hydrogens (tertiary/aromatic N) is 3. The summed E-state index contributed by atoms with van der Waals surface area (Å²) in [5, 5.41) is 3.36. The van der Waals surface area contributed by atoms with Crippen LogP contribution in [0.4, 0.5) is 5.82 Å². The number of carbonyl (C=O) groups is 1. The van der Waals surface area contributed by atoms with E-state index < -0.39 is 0 Å². The number of nitrogens with one attached hydrogen (secondary N) is 1. The lowest BCUT2D eigenvalue weighted by Crippen LogP contribution is -2.41. The number of aromatic nitrogens is 2. The van der Waals surface area contributed by atoms with Gasteiger partial charge >= 0.3 is 0 Å². The van der Waals surface area contributed by atoms with Gasteiger partial charge in [-0.3, -0.25) is 4.79 Å². The molecule has 7 heteroatoms. The third-order valence-electron chi connectivity index (χ3n) is 4.79. The van der Waals surface area contributed by atoms with E-state index in [1.165, 1.54) is 0 Å². The molecule has 3 heterocycles. The van der Waals surface area contributed by atoms with Gasteiger partial charge in [0.15, 0.2) is 5.76 Å². The smallest absolute Gasteiger partial charge is 0.248 e. The van der Waals surface area contributed by atoms with E-state index in [-0.39, 0.29) is 18.6 Å². The second kappa shape index (κ2) is 7.45. The minimum Gasteiger partial charge on any atom is -0.463 e. The lowest BCUT2D eigenvalue weighted by molar-refractivity contribution is -0.137. The summed E-state index contributed by atoms with van der Waals surface area (Å²) in [6.45, 7) is 3.54. The first-order valence-corrected chi connectivity index (χ1v) is 9.23. The van der Waals surface area contributed by atoms with Crippen molar-refractivity contribution in [3.63, 3.8) is 0 Å². The average molecular weight is 356 g/mol. The van der Waals surface area contributed by atoms with E-state index in [2.05, 4.69) is 15.3 Å². The van der Waals surface area contributed by atoms with Crippen LogP contribution < -0.4 is 5.32 Å². The van der Waals surface area contributed by atoms with Gasteiger partial charge in [0.05, 0.1) is 12.4 Å². The fourth-order valence-corrected chi connectivity index (χ4v) is 3.31. The van der Waals surface area contributed by atoms with Crippen LogP contribution in [0.5, 0.6) is 0 Å². The lowest BCUT2D eigenvalue weighted by Gasteiger charge is -2.25. The van der Waals surface area contributed by atoms with Gasteiger partial charge in [-0.05, 0) is 44.7 Å². The predicted octanol–water partition coefficient (Wildman–Crippen LogP) is 2.63. The van der Waals surface area contributed by atoms with Crippen LogP contribution in [0.15, 0.2) is 28.9 Å². The fourth-order valence-electron chi connectivity index (χ4n) is 3.31. The predicted molar refractivity (Wildman–Crippen MR) is 96.7 cm³/mol. The Morgan fingerprint density at radius 1 is 1.38 bits per heavy atom. The molecule has 1 amide bonds. The fraction of sp³-hybridized carbons (Fsp3) is 0.526. The van der Waals surface area contributed by atoms with Crippen LogP contribution in [0.3, 0.4) is 0 Å². The Morgan fingerprint density at radius 3 is 3.04 bits per heavy atom. The van der Waals surface area contributed by atoms with Crippen molar-refractivity contribution in [3.8, 4) is 11.5 Å². The van der Waals surface area contributed by atoms with Gasteiger partial charge in [-0.15, -0.1) is 0 Å². The first kappa shape index (κ1) is 17.0. The summed E-state index contributed by atoms with van der Waals surface area (Å²) < 4.78 is 11.0. The molecule has 0 spiro atoms. The molecule has 2 aromatic heterocycles. The summed E-state index contributed by atoms with van der Waals surface area (Å²) in [6, 6.07) is 5.77. The molecule has 1 unspecified atom stereocenters. The molecule has 1 saturated carbocycles. The summed E-state index contributed by atoms with van der Waals surface area (Å²) in [4.78, 5) is 23.2. The van der Waals surface area contributed by atoms with Crippen LogP contribution in [-0.2, 0) is 9.53 Å². The highest BCUT2D eigenvalue weighted by molar-refractivity contribution is 5.78. The Balaban J connectivity index is 1.37. The van der Waals surface area contributed by atoms with E-state index >= 15 is 0 Å². The van der Waals surface area contributed by atoms with Crippen LogP contribution in [-0.4, -0.2) is 52.6 Å². The first-order valence-electron chi connectivity index (χ1n) is 9.23. The van der Waals surface area contributed by atoms with E-state index in [4.69, 9.17) is 9.15 Å². The molecule has 0 radical (unpaired) electrons. The monoisotopic (exact) mass is 356 g/mol. The number of hydrogen-bond acceptors (Lipinski definition) is 6. The van der Waals surface area contributed by atoms with Crippen molar-refractivity contribution >= 4 is 11.7 Å². The van der Waals surface area contributed by atoms with Crippen molar-refractivity contribution in [3.05, 3.63) is 30.3 Å². The van der Waals surface area contributed by atoms with E-state index in [1.54, 1.807) is 6.26 Å². The van der Waals surface area contributed by atoms with Crippen molar-refractivity contribution in [2.24, 2.45) is 0 Å². The van der Waals surface area contributed by atoms with Gasteiger partial charge in [0.25, 0.3) is 0 Å². The first-order chi connectivity index (χ1) is 12.7. The third-order valence-corrected chi connectivity index (χ3v) is 4.79. The Morgan fingerprint density at radius 2 is 2.27 bits per heavy atom. The largest absolute Gasteiger partial charge is 0.463 e. The van der Waals surface area contributed by atoms with Crippen LogP contribution in [0.1, 0.15) is 31.5 Å². The molecule has 1 atom stereocenters. The van der Waals surface area contributed by atoms with Crippen LogP contribution in [0, 0.1) is 6.92 Å². The Bertz CT molecular complexity index is 758. The zero-order valence-corrected chi connectivity index (χ0v) is 15.0. The maximum absolute atomic E-state index is 12.4. The second-order valence-electron chi connectivity index (χ2n) is 6.94. The molecular weight excluding hydrogens is 332 g/mol. The number of aryl methyl sites for hydroxylation is 1. The number of carbonyl (C=O) groups excluding carboxylic acids is 1. The summed E-state index contributed by atoms with van der Waals surface area (Å²) in [5.41, 5.74) is 0.752. The van der Waals surface area contributed by atoms with Gasteiger partial charge in [-0.2, -0.15) is 0 Å². The van der Waals surface area contributed by atoms with Crippen molar-refractivity contribution < 1.29 is 13.9 Å². The van der Waals surface area contributed by atoms with Crippen molar-refractivity contribution in [2.75, 3.05) is 25.0 Å². The van der Waals surface area contributed by atoms with Crippen molar-refractivity contribution in [2.45, 2.75) is 44.8 Å². The Labute approximate surface area is 152 Å². The standard InChI is InChI=1S/C19H24N4O3/c1-13-21-16(17-5-3-9-25-17)10-18(22-13)20-11-14-4-2-8-23(14)19(24)12-26-15-6-7-15/h3,5,9-10,14-15H,2,4,6-8,11-12H2,1H3,(H,20,21,22). The molecule has 4 rings (SSSR count). The highest BCUT2D eigenvalue weighted by Crippen LogP contribution is 2.25. The molecule has 2 aliphatic rings. The normalized spacial score (nSPS) is 19.7. The van der Waals surface area contributed by atoms with Crippen LogP contribution >= 0.6 is 0 Å². The summed E-state index contributed by atoms with van der Waals surface area (Å²) >= 11 is 0. The molecule has 2 fully saturated rings. The average Bonchev–Trinajstić information content (AvgIpc) is 3.11. The molecule has 0 bridgehead atoms. The Kier molecular flexibility index (Phi) is 4.88. The lowest BCUT2D eigenvalue weighted by atomic mass is 10.2. The quantitative estimate of drug-likeness (QED) is 0.821. The maximum atomic E-state index is 12.4. The highest BCUT2D eigenvalue weighted by atomic mass is 16.5. The van der Waals surface area contributed by atoms with E-state index in [0.717, 1.165) is 43.7 Å². The SMILES string of the molecule is Cc1nc(NCC2CCCN2C(=O)COC2CC2)cc(-c2ccco2)n1. The van der Waals surface area contributed by atoms with Crippen LogP contribution in [0.2, 0.25) is 0 Å². The van der Waals surface area contributed by atoms with Crippen molar-refractivity contribution in [1.29, 1.82) is 0 Å². The number of amides is 1. The van der Waals surface area contributed by atoms with E-state index in [0.29, 0.717) is 24.2 Å². The molecule has 1 saturated heterocycles. The number of rotatable bonds is 7. The number of ether oxygens (including phenoxy) is 1. The van der Waals surface area contributed by atoms with Gasteiger partial charge in [-0.1, -0.05) is 0 Å². The van der Waals surface area contributed by atoms with E-state index in [9.17, 15) is 4.79 Å². The molecule has 1 aliphatic carbocycles. The summed E-state index contributed by atoms with van der Waals surface area (Å²) in [6.07, 6.45) is 6.14. The summed E-state index contributed by atoms with van der Waals surface area (Å²) in [5.74, 6) is 2.24. The van der Waals surface area contributed by atoms with Crippen molar-refractivity contribution in [1.82, 2.24) is 14.9 Å². The second-order valence-corrected chi connectivity index (χ2v) is 6.94. The molecule has 1 aliphatic heterocycles. The highest BCUT2D eigenvalue weighted by Gasteiger charge is 2.30. The number of anilines is 1. The van der Waals surface area contributed by atoms with E-state index in [1.807, 2.05) is 30.0 Å². The molecule has 138 valence electrons. The molecule has 7 nitrogen and oxygen atoms in total. The molecular formula is C19H24N4O3. The zero-order valence-electron chi connectivity index (χ0n) is 15.0. The minimum atomic E-state index is 0.0938. The number of likely N-dealkylation sites (tertiary alicyclic amines) is 1. The molecule has 2 aromatic rings. The number of furan rings is 1. The van der Waals surface area contributed by atoms with Crippen LogP contribution in [0.25, 0.3) is 11.5 Å². The minimum absolute atomic E-state index is 0.0938. The van der Waals surface area contributed by atoms with Gasteiger partial charge in [-0.25, -0.2) is 9.97 Å².